The summed E-state index contributed by atoms with van der Waals surface area (Å²) < 4.78 is 5.63. The highest BCUT2D eigenvalue weighted by Crippen LogP contribution is 2.28. The molecular weight excluding hydrogens is 254 g/mol. The molecule has 1 amide bonds. The molecule has 5 nitrogen and oxygen atoms in total. The fraction of sp³-hybridized carbons (Fsp3) is 0.0667. The van der Waals surface area contributed by atoms with E-state index < -0.39 is 0 Å². The van der Waals surface area contributed by atoms with Gasteiger partial charge in [-0.3, -0.25) is 4.79 Å². The molecule has 0 fully saturated rings. The predicted octanol–water partition coefficient (Wildman–Crippen LogP) is 2.29. The van der Waals surface area contributed by atoms with Crippen molar-refractivity contribution in [2.75, 3.05) is 12.8 Å². The van der Waals surface area contributed by atoms with Crippen molar-refractivity contribution in [1.29, 1.82) is 5.26 Å². The number of nitriles is 1. The molecule has 100 valence electrons. The van der Waals surface area contributed by atoms with E-state index in [1.54, 1.807) is 49.5 Å². The summed E-state index contributed by atoms with van der Waals surface area (Å²) in [5.41, 5.74) is 7.19. The van der Waals surface area contributed by atoms with Gasteiger partial charge in [0.2, 0.25) is 0 Å². The number of nitrogens with two attached hydrogens (primary N) is 1. The lowest BCUT2D eigenvalue weighted by molar-refractivity contribution is 0.0963. The normalized spacial score (nSPS) is 9.60. The van der Waals surface area contributed by atoms with E-state index in [1.165, 1.54) is 0 Å². The molecule has 2 aromatic carbocycles. The number of ether oxygens (including phenoxy) is 1. The molecular formula is C15H13N3O2. The summed E-state index contributed by atoms with van der Waals surface area (Å²) in [7, 11) is 1.55. The van der Waals surface area contributed by atoms with Crippen LogP contribution < -0.4 is 15.8 Å². The quantitative estimate of drug-likeness (QED) is 0.835. The first-order chi connectivity index (χ1) is 9.63. The Morgan fingerprint density at radius 3 is 2.80 bits per heavy atom. The molecule has 2 rings (SSSR count). The van der Waals surface area contributed by atoms with Gasteiger partial charge in [0.1, 0.15) is 5.75 Å². The van der Waals surface area contributed by atoms with Crippen LogP contribution in [0.1, 0.15) is 15.9 Å². The minimum atomic E-state index is -0.222. The molecule has 0 aliphatic heterocycles. The monoisotopic (exact) mass is 267 g/mol. The van der Waals surface area contributed by atoms with Crippen LogP contribution in [0.4, 0.5) is 5.69 Å². The number of hydrogen-bond donors (Lipinski definition) is 2. The number of nitrogen functional groups attached to an aromatic ring is 1. The average molecular weight is 267 g/mol. The standard InChI is InChI=1S/C15H13N3O2/c1-18-15(19)11-5-6-13(17)14(8-11)20-12-4-2-3-10(7-12)9-16/h2-8H,17H2,1H3,(H,18,19). The van der Waals surface area contributed by atoms with Gasteiger partial charge in [-0.1, -0.05) is 6.07 Å². The summed E-state index contributed by atoms with van der Waals surface area (Å²) in [6, 6.07) is 13.5. The van der Waals surface area contributed by atoms with Gasteiger partial charge in [0, 0.05) is 12.6 Å². The van der Waals surface area contributed by atoms with Crippen LogP contribution >= 0.6 is 0 Å². The van der Waals surface area contributed by atoms with Crippen LogP contribution in [0, 0.1) is 11.3 Å². The van der Waals surface area contributed by atoms with Crippen LogP contribution in [-0.2, 0) is 0 Å². The smallest absolute Gasteiger partial charge is 0.251 e. The van der Waals surface area contributed by atoms with E-state index in [9.17, 15) is 4.79 Å². The summed E-state index contributed by atoms with van der Waals surface area (Å²) in [5, 5.41) is 11.4. The van der Waals surface area contributed by atoms with Crippen LogP contribution in [0.15, 0.2) is 42.5 Å². The van der Waals surface area contributed by atoms with Crippen molar-refractivity contribution in [1.82, 2.24) is 5.32 Å². The lowest BCUT2D eigenvalue weighted by Crippen LogP contribution is -2.17. The average Bonchev–Trinajstić information content (AvgIpc) is 2.49. The number of rotatable bonds is 3. The highest BCUT2D eigenvalue weighted by molar-refractivity contribution is 5.95. The predicted molar refractivity (Wildman–Crippen MR) is 75.5 cm³/mol. The number of nitrogens with one attached hydrogen (secondary N) is 1. The zero-order valence-corrected chi connectivity index (χ0v) is 10.9. The largest absolute Gasteiger partial charge is 0.455 e. The summed E-state index contributed by atoms with van der Waals surface area (Å²) in [6.07, 6.45) is 0. The van der Waals surface area contributed by atoms with Gasteiger partial charge in [-0.2, -0.15) is 5.26 Å². The minimum absolute atomic E-state index is 0.222. The first-order valence-corrected chi connectivity index (χ1v) is 5.93. The van der Waals surface area contributed by atoms with Crippen molar-refractivity contribution in [2.24, 2.45) is 0 Å². The molecule has 0 unspecified atom stereocenters. The van der Waals surface area contributed by atoms with Crippen LogP contribution in [0.25, 0.3) is 0 Å². The molecule has 0 saturated heterocycles. The second-order valence-electron chi connectivity index (χ2n) is 4.07. The molecule has 2 aromatic rings. The van der Waals surface area contributed by atoms with Crippen molar-refractivity contribution >= 4 is 11.6 Å². The number of carbonyl (C=O) groups is 1. The second kappa shape index (κ2) is 5.76. The highest BCUT2D eigenvalue weighted by atomic mass is 16.5. The van der Waals surface area contributed by atoms with Crippen molar-refractivity contribution in [3.63, 3.8) is 0 Å². The zero-order valence-electron chi connectivity index (χ0n) is 10.9. The number of anilines is 1. The van der Waals surface area contributed by atoms with Gasteiger partial charge in [0.05, 0.1) is 17.3 Å². The highest BCUT2D eigenvalue weighted by Gasteiger charge is 2.09. The third-order valence-electron chi connectivity index (χ3n) is 2.69. The van der Waals surface area contributed by atoms with E-state index in [4.69, 9.17) is 15.7 Å². The Balaban J connectivity index is 2.33. The third-order valence-corrected chi connectivity index (χ3v) is 2.69. The lowest BCUT2D eigenvalue weighted by atomic mass is 10.1. The molecule has 0 saturated carbocycles. The SMILES string of the molecule is CNC(=O)c1ccc(N)c(Oc2cccc(C#N)c2)c1. The van der Waals surface area contributed by atoms with E-state index in [2.05, 4.69) is 5.32 Å². The molecule has 0 aliphatic carbocycles. The number of hydrogen-bond acceptors (Lipinski definition) is 4. The third kappa shape index (κ3) is 2.87. The number of nitrogens with zero attached hydrogens (tertiary/aromatic N) is 1. The van der Waals surface area contributed by atoms with Gasteiger partial charge in [-0.05, 0) is 36.4 Å². The molecule has 3 N–H and O–H groups in total. The molecule has 0 aromatic heterocycles. The van der Waals surface area contributed by atoms with Gasteiger partial charge in [-0.25, -0.2) is 0 Å². The topological polar surface area (TPSA) is 88.1 Å². The Bertz CT molecular complexity index is 690. The van der Waals surface area contributed by atoms with Crippen LogP contribution in [0.3, 0.4) is 0 Å². The molecule has 0 bridgehead atoms. The lowest BCUT2D eigenvalue weighted by Gasteiger charge is -2.10. The Morgan fingerprint density at radius 1 is 1.30 bits per heavy atom. The Morgan fingerprint density at radius 2 is 2.10 bits per heavy atom. The summed E-state index contributed by atoms with van der Waals surface area (Å²) in [5.74, 6) is 0.645. The maximum absolute atomic E-state index is 11.6. The van der Waals surface area contributed by atoms with Crippen molar-refractivity contribution < 1.29 is 9.53 Å². The van der Waals surface area contributed by atoms with Gasteiger partial charge in [-0.15, -0.1) is 0 Å². The first-order valence-electron chi connectivity index (χ1n) is 5.93. The first kappa shape index (κ1) is 13.4. The van der Waals surface area contributed by atoms with E-state index >= 15 is 0 Å². The van der Waals surface area contributed by atoms with E-state index in [0.29, 0.717) is 28.3 Å². The van der Waals surface area contributed by atoms with Gasteiger partial charge >= 0.3 is 0 Å². The second-order valence-corrected chi connectivity index (χ2v) is 4.07. The molecule has 0 radical (unpaired) electrons. The zero-order chi connectivity index (χ0) is 14.5. The summed E-state index contributed by atoms with van der Waals surface area (Å²) in [4.78, 5) is 11.6. The Kier molecular flexibility index (Phi) is 3.87. The van der Waals surface area contributed by atoms with Crippen molar-refractivity contribution in [3.8, 4) is 17.6 Å². The molecule has 20 heavy (non-hydrogen) atoms. The van der Waals surface area contributed by atoms with Crippen molar-refractivity contribution in [3.05, 3.63) is 53.6 Å². The molecule has 0 heterocycles. The number of benzene rings is 2. The van der Waals surface area contributed by atoms with Gasteiger partial charge in [0.25, 0.3) is 5.91 Å². The number of amides is 1. The summed E-state index contributed by atoms with van der Waals surface area (Å²) >= 11 is 0. The molecule has 0 spiro atoms. The van der Waals surface area contributed by atoms with Gasteiger partial charge < -0.3 is 15.8 Å². The molecule has 0 atom stereocenters. The van der Waals surface area contributed by atoms with Crippen LogP contribution in [-0.4, -0.2) is 13.0 Å². The van der Waals surface area contributed by atoms with E-state index in [1.807, 2.05) is 6.07 Å². The van der Waals surface area contributed by atoms with E-state index in [0.717, 1.165) is 0 Å². The van der Waals surface area contributed by atoms with E-state index in [-0.39, 0.29) is 5.91 Å². The number of carbonyl (C=O) groups excluding carboxylic acids is 1. The van der Waals surface area contributed by atoms with Crippen molar-refractivity contribution in [2.45, 2.75) is 0 Å². The molecule has 0 aliphatic rings. The fourth-order valence-corrected chi connectivity index (χ4v) is 1.66. The Hall–Kier alpha value is -3.00. The maximum atomic E-state index is 11.6. The minimum Gasteiger partial charge on any atom is -0.455 e. The van der Waals surface area contributed by atoms with Crippen LogP contribution in [0.5, 0.6) is 11.5 Å². The van der Waals surface area contributed by atoms with Gasteiger partial charge in [0.15, 0.2) is 5.75 Å². The molecule has 5 heteroatoms. The Labute approximate surface area is 116 Å². The summed E-state index contributed by atoms with van der Waals surface area (Å²) in [6.45, 7) is 0. The maximum Gasteiger partial charge on any atom is 0.251 e. The van der Waals surface area contributed by atoms with Crippen LogP contribution in [0.2, 0.25) is 0 Å². The fourth-order valence-electron chi connectivity index (χ4n) is 1.66.